The number of carbonyl (C=O) groups excluding carboxylic acids is 1. The van der Waals surface area contributed by atoms with Gasteiger partial charge in [-0.05, 0) is 0 Å². The number of aliphatic carboxylic acids is 1. The Morgan fingerprint density at radius 3 is 2.45 bits per heavy atom. The normalized spacial score (nSPS) is 9.05. The SMILES string of the molecule is NC(N)=NC(=O)c1nc(Cl)c(N[CH-]C(=O)O)nc1N.[Rh]. The summed E-state index contributed by atoms with van der Waals surface area (Å²) in [6.07, 6.45) is 0. The number of carbonyl (C=O) groups is 2. The van der Waals surface area contributed by atoms with Crippen molar-refractivity contribution in [2.75, 3.05) is 11.1 Å². The topological polar surface area (TPSA) is 183 Å². The summed E-state index contributed by atoms with van der Waals surface area (Å²) in [4.78, 5) is 32.4. The molecule has 0 saturated carbocycles. The average molecular weight is 390 g/mol. The molecule has 0 fully saturated rings. The maximum Gasteiger partial charge on any atom is 0.302 e. The van der Waals surface area contributed by atoms with Gasteiger partial charge in [-0.3, -0.25) is 9.59 Å². The first kappa shape index (κ1) is 17.9. The zero-order valence-corrected chi connectivity index (χ0v) is 12.0. The van der Waals surface area contributed by atoms with Gasteiger partial charge in [-0.2, -0.15) is 4.99 Å². The standard InChI is InChI=1S/C8H9ClN7O3.Rh/c9-4-6(13-1-2(17)18)15-5(10)3(14-4)7(19)16-8(11)12;/h1H,(H,17,18)(H3,10,13,15)(H4,11,12,16,19);/q-1;. The molecule has 10 nitrogen and oxygen atoms in total. The number of nitrogen functional groups attached to an aromatic ring is 1. The molecule has 0 aromatic carbocycles. The Labute approximate surface area is 130 Å². The number of carboxylic acids is 1. The Hall–Kier alpha value is -2.13. The smallest absolute Gasteiger partial charge is 0.302 e. The van der Waals surface area contributed by atoms with E-state index in [0.717, 1.165) is 0 Å². The third-order valence-corrected chi connectivity index (χ3v) is 1.91. The molecule has 1 heterocycles. The van der Waals surface area contributed by atoms with Gasteiger partial charge in [0, 0.05) is 19.5 Å². The zero-order valence-electron chi connectivity index (χ0n) is 9.63. The number of guanidine groups is 1. The molecule has 111 valence electrons. The molecule has 0 unspecified atom stereocenters. The second kappa shape index (κ2) is 7.46. The first-order valence-electron chi connectivity index (χ1n) is 4.61. The second-order valence-electron chi connectivity index (χ2n) is 3.07. The molecule has 1 rings (SSSR count). The number of rotatable bonds is 4. The summed E-state index contributed by atoms with van der Waals surface area (Å²) >= 11 is 5.70. The Kier molecular flexibility index (Phi) is 6.67. The molecule has 0 saturated heterocycles. The fourth-order valence-corrected chi connectivity index (χ4v) is 1.16. The van der Waals surface area contributed by atoms with Crippen LogP contribution in [-0.4, -0.2) is 32.9 Å². The third-order valence-electron chi connectivity index (χ3n) is 1.65. The summed E-state index contributed by atoms with van der Waals surface area (Å²) < 4.78 is 0. The number of anilines is 2. The summed E-state index contributed by atoms with van der Waals surface area (Å²) in [6, 6.07) is 0. The van der Waals surface area contributed by atoms with Crippen LogP contribution in [0.4, 0.5) is 11.6 Å². The molecule has 1 amide bonds. The third kappa shape index (κ3) is 4.86. The van der Waals surface area contributed by atoms with Crippen molar-refractivity contribution >= 4 is 41.1 Å². The Balaban J connectivity index is 0.00000361. The van der Waals surface area contributed by atoms with E-state index in [1.54, 1.807) is 0 Å². The number of aromatic nitrogens is 2. The van der Waals surface area contributed by atoms with Crippen molar-refractivity contribution < 1.29 is 34.2 Å². The number of aliphatic imine (C=N–C) groups is 1. The van der Waals surface area contributed by atoms with Crippen LogP contribution in [0.3, 0.4) is 0 Å². The molecule has 0 atom stereocenters. The number of carboxylic acid groups (broad SMARTS) is 1. The molecular formula is C8H9ClN7O3Rh-. The quantitative estimate of drug-likeness (QED) is 0.182. The van der Waals surface area contributed by atoms with Crippen LogP contribution < -0.4 is 22.5 Å². The van der Waals surface area contributed by atoms with Crippen molar-refractivity contribution in [1.82, 2.24) is 9.97 Å². The van der Waals surface area contributed by atoms with E-state index < -0.39 is 17.8 Å². The minimum absolute atomic E-state index is 0. The molecule has 0 aliphatic rings. The maximum atomic E-state index is 11.5. The number of nitrogens with one attached hydrogen (secondary N) is 1. The van der Waals surface area contributed by atoms with Crippen LogP contribution in [0.15, 0.2) is 4.99 Å². The van der Waals surface area contributed by atoms with Crippen LogP contribution >= 0.6 is 11.6 Å². The van der Waals surface area contributed by atoms with Gasteiger partial charge >= 0.3 is 5.91 Å². The second-order valence-corrected chi connectivity index (χ2v) is 3.42. The summed E-state index contributed by atoms with van der Waals surface area (Å²) in [6.45, 7) is 0.673. The van der Waals surface area contributed by atoms with E-state index in [0.29, 0.717) is 6.54 Å². The van der Waals surface area contributed by atoms with Crippen molar-refractivity contribution in [2.24, 2.45) is 16.5 Å². The van der Waals surface area contributed by atoms with Crippen LogP contribution in [-0.2, 0) is 24.3 Å². The molecule has 20 heavy (non-hydrogen) atoms. The molecule has 0 bridgehead atoms. The molecule has 12 heteroatoms. The fraction of sp³-hybridized carbons (Fsp3) is 0. The molecule has 1 aromatic heterocycles. The number of hydrogen-bond donors (Lipinski definition) is 5. The van der Waals surface area contributed by atoms with E-state index in [2.05, 4.69) is 20.3 Å². The summed E-state index contributed by atoms with van der Waals surface area (Å²) in [5.41, 5.74) is 15.2. The molecule has 1 aromatic rings. The van der Waals surface area contributed by atoms with Crippen LogP contribution in [0.2, 0.25) is 5.15 Å². The van der Waals surface area contributed by atoms with Gasteiger partial charge in [-0.15, -0.1) is 0 Å². The molecule has 1 radical (unpaired) electrons. The molecular weight excluding hydrogens is 380 g/mol. The summed E-state index contributed by atoms with van der Waals surface area (Å²) in [5.74, 6) is -3.06. The van der Waals surface area contributed by atoms with Gasteiger partial charge in [0.2, 0.25) is 0 Å². The van der Waals surface area contributed by atoms with Gasteiger partial charge in [-0.25, -0.2) is 16.5 Å². The zero-order chi connectivity index (χ0) is 14.6. The molecule has 0 aliphatic carbocycles. The van der Waals surface area contributed by atoms with E-state index in [1.165, 1.54) is 0 Å². The number of halogens is 1. The van der Waals surface area contributed by atoms with Gasteiger partial charge in [0.05, 0.1) is 0 Å². The number of nitrogens with two attached hydrogens (primary N) is 3. The van der Waals surface area contributed by atoms with E-state index in [4.69, 9.17) is 33.9 Å². The van der Waals surface area contributed by atoms with Crippen molar-refractivity contribution in [3.63, 3.8) is 0 Å². The Morgan fingerprint density at radius 2 is 1.95 bits per heavy atom. The Bertz CT molecular complexity index is 561. The number of amides is 1. The minimum atomic E-state index is -1.25. The predicted molar refractivity (Wildman–Crippen MR) is 67.2 cm³/mol. The monoisotopic (exact) mass is 389 g/mol. The van der Waals surface area contributed by atoms with Crippen LogP contribution in [0.1, 0.15) is 10.5 Å². The minimum Gasteiger partial charge on any atom is -0.502 e. The van der Waals surface area contributed by atoms with Gasteiger partial charge in [0.25, 0.3) is 0 Å². The van der Waals surface area contributed by atoms with Crippen LogP contribution in [0.5, 0.6) is 0 Å². The van der Waals surface area contributed by atoms with Crippen molar-refractivity contribution in [1.29, 1.82) is 0 Å². The number of hydrogen-bond acceptors (Lipinski definition) is 6. The van der Waals surface area contributed by atoms with E-state index in [9.17, 15) is 9.59 Å². The first-order valence-corrected chi connectivity index (χ1v) is 4.98. The molecule has 0 spiro atoms. The molecule has 8 N–H and O–H groups in total. The first-order chi connectivity index (χ1) is 8.81. The molecule has 0 aliphatic heterocycles. The Morgan fingerprint density at radius 1 is 1.35 bits per heavy atom. The van der Waals surface area contributed by atoms with E-state index in [1.807, 2.05) is 0 Å². The summed E-state index contributed by atoms with van der Waals surface area (Å²) in [5, 5.41) is 10.4. The van der Waals surface area contributed by atoms with Crippen molar-refractivity contribution in [3.8, 4) is 0 Å². The van der Waals surface area contributed by atoms with Gasteiger partial charge in [-0.1, -0.05) is 11.6 Å². The van der Waals surface area contributed by atoms with E-state index >= 15 is 0 Å². The average Bonchev–Trinajstić information content (AvgIpc) is 2.28. The fourth-order valence-electron chi connectivity index (χ4n) is 0.977. The van der Waals surface area contributed by atoms with Crippen LogP contribution in [0, 0.1) is 6.54 Å². The largest absolute Gasteiger partial charge is 0.502 e. The maximum absolute atomic E-state index is 11.5. The number of nitrogens with zero attached hydrogens (tertiary/aromatic N) is 3. The van der Waals surface area contributed by atoms with E-state index in [-0.39, 0.29) is 42.0 Å². The van der Waals surface area contributed by atoms with Gasteiger partial charge in [0.15, 0.2) is 28.6 Å². The van der Waals surface area contributed by atoms with Crippen LogP contribution in [0.25, 0.3) is 0 Å². The van der Waals surface area contributed by atoms with Gasteiger partial charge in [0.1, 0.15) is 5.82 Å². The van der Waals surface area contributed by atoms with Crippen molar-refractivity contribution in [2.45, 2.75) is 0 Å². The summed E-state index contributed by atoms with van der Waals surface area (Å²) in [7, 11) is 0. The predicted octanol–water partition coefficient (Wildman–Crippen LogP) is -1.22. The van der Waals surface area contributed by atoms with Gasteiger partial charge < -0.3 is 27.6 Å². The van der Waals surface area contributed by atoms with Crippen molar-refractivity contribution in [3.05, 3.63) is 17.4 Å².